The zero-order chi connectivity index (χ0) is 51.3. The number of aryl methyl sites for hydroxylation is 1. The van der Waals surface area contributed by atoms with Gasteiger partial charge < -0.3 is 33.8 Å². The molecule has 8 aromatic carbocycles. The summed E-state index contributed by atoms with van der Waals surface area (Å²) in [4.78, 5) is 48.8. The van der Waals surface area contributed by atoms with Crippen LogP contribution in [0.4, 0.5) is 8.78 Å². The van der Waals surface area contributed by atoms with E-state index in [-0.39, 0.29) is 36.2 Å². The number of aromatic nitrogens is 2. The van der Waals surface area contributed by atoms with E-state index in [9.17, 15) is 28.0 Å². The Bertz CT molecular complexity index is 3750. The van der Waals surface area contributed by atoms with Crippen LogP contribution >= 0.6 is 0 Å². The molecule has 73 heavy (non-hydrogen) atoms. The molecule has 0 fully saturated rings. The predicted octanol–water partition coefficient (Wildman–Crippen LogP) is 11.7. The number of primary amides is 1. The van der Waals surface area contributed by atoms with Gasteiger partial charge in [-0.05, 0) is 113 Å². The van der Waals surface area contributed by atoms with E-state index in [4.69, 9.17) is 24.7 Å². The number of nitrogens with zero attached hydrogens (tertiary/aromatic N) is 2. The Labute approximate surface area is 418 Å². The third-order valence-corrected chi connectivity index (χ3v) is 12.8. The van der Waals surface area contributed by atoms with Crippen molar-refractivity contribution in [2.45, 2.75) is 26.9 Å². The molecule has 10 rings (SSSR count). The van der Waals surface area contributed by atoms with Crippen LogP contribution in [0.1, 0.15) is 32.9 Å². The first-order chi connectivity index (χ1) is 35.3. The highest BCUT2D eigenvalue weighted by Crippen LogP contribution is 2.41. The van der Waals surface area contributed by atoms with Gasteiger partial charge in [-0.15, -0.1) is 0 Å². The molecule has 0 saturated heterocycles. The van der Waals surface area contributed by atoms with Crippen molar-refractivity contribution in [1.82, 2.24) is 9.13 Å². The Hall–Kier alpha value is -9.10. The lowest BCUT2D eigenvalue weighted by molar-refractivity contribution is -0.143. The molecule has 13 heteroatoms. The Balaban J connectivity index is 0.000000181. The Morgan fingerprint density at radius 1 is 0.507 bits per heavy atom. The number of esters is 2. The number of amides is 1. The molecule has 0 spiro atoms. The van der Waals surface area contributed by atoms with E-state index in [0.29, 0.717) is 35.4 Å². The van der Waals surface area contributed by atoms with Gasteiger partial charge in [-0.3, -0.25) is 9.59 Å². The molecule has 0 aliphatic heterocycles. The first-order valence-electron chi connectivity index (χ1n) is 23.3. The molecular formula is C60H49F2N3O8. The molecular weight excluding hydrogens is 929 g/mol. The predicted molar refractivity (Wildman–Crippen MR) is 279 cm³/mol. The Morgan fingerprint density at radius 2 is 0.986 bits per heavy atom. The van der Waals surface area contributed by atoms with Gasteiger partial charge >= 0.3 is 11.9 Å². The lowest BCUT2D eigenvalue weighted by Crippen LogP contribution is -2.24. The normalized spacial score (nSPS) is 11.1. The third-order valence-electron chi connectivity index (χ3n) is 12.8. The third kappa shape index (κ3) is 10.2. The summed E-state index contributed by atoms with van der Waals surface area (Å²) in [5.74, 6) is -2.60. The molecule has 0 bridgehead atoms. The number of benzene rings is 8. The molecule has 0 aliphatic rings. The molecule has 11 nitrogen and oxygen atoms in total. The van der Waals surface area contributed by atoms with Crippen molar-refractivity contribution in [3.63, 3.8) is 0 Å². The maximum Gasteiger partial charge on any atom is 0.343 e. The molecule has 2 aromatic heterocycles. The van der Waals surface area contributed by atoms with Crippen molar-refractivity contribution < 1.29 is 46.9 Å². The van der Waals surface area contributed by atoms with Gasteiger partial charge in [0, 0.05) is 40.6 Å². The number of fused-ring (bicyclic) bond motifs is 6. The van der Waals surface area contributed by atoms with Crippen LogP contribution in [0.3, 0.4) is 0 Å². The smallest absolute Gasteiger partial charge is 0.343 e. The number of hydrogen-bond donors (Lipinski definition) is 1. The van der Waals surface area contributed by atoms with Gasteiger partial charge in [-0.25, -0.2) is 18.4 Å². The van der Waals surface area contributed by atoms with E-state index in [0.717, 1.165) is 71.5 Å². The lowest BCUT2D eigenvalue weighted by atomic mass is 10.0. The maximum atomic E-state index is 13.5. The SMILES string of the molecule is COC(=O)COc1cc2ccccc2c2c1c(C(=O)C(N)=O)c(C)n2Cc1cccc(-c2ccc(F)cc2)c1.COC(=O)COc1cc2ccccc2c2c1cc(C)n2Cc1cccc(-c2ccc(F)cc2)c1. The largest absolute Gasteiger partial charge is 0.481 e. The summed E-state index contributed by atoms with van der Waals surface area (Å²) in [6, 6.07) is 50.4. The first kappa shape index (κ1) is 48.9. The second-order valence-electron chi connectivity index (χ2n) is 17.4. The van der Waals surface area contributed by atoms with Crippen molar-refractivity contribution in [2.75, 3.05) is 27.4 Å². The van der Waals surface area contributed by atoms with Gasteiger partial charge in [0.15, 0.2) is 13.2 Å². The van der Waals surface area contributed by atoms with Crippen molar-refractivity contribution >= 4 is 67.0 Å². The lowest BCUT2D eigenvalue weighted by Gasteiger charge is -2.14. The molecule has 0 radical (unpaired) electrons. The van der Waals surface area contributed by atoms with Gasteiger partial charge in [0.2, 0.25) is 0 Å². The first-order valence-corrected chi connectivity index (χ1v) is 23.3. The number of nitrogens with two attached hydrogens (primary N) is 1. The monoisotopic (exact) mass is 977 g/mol. The van der Waals surface area contributed by atoms with Gasteiger partial charge in [-0.2, -0.15) is 0 Å². The van der Waals surface area contributed by atoms with E-state index in [2.05, 4.69) is 35.8 Å². The van der Waals surface area contributed by atoms with Crippen LogP contribution in [-0.2, 0) is 36.9 Å². The average Bonchev–Trinajstić information content (AvgIpc) is 3.89. The number of carbonyl (C=O) groups excluding carboxylic acids is 4. The number of Topliss-reactive ketones (excluding diaryl/α,β-unsaturated/α-hetero) is 1. The van der Waals surface area contributed by atoms with Crippen molar-refractivity contribution in [1.29, 1.82) is 0 Å². The summed E-state index contributed by atoms with van der Waals surface area (Å²) in [6.07, 6.45) is 0. The topological polar surface area (TPSA) is 141 Å². The van der Waals surface area contributed by atoms with Gasteiger partial charge in [0.25, 0.3) is 11.7 Å². The number of methoxy groups -OCH3 is 2. The minimum Gasteiger partial charge on any atom is -0.481 e. The van der Waals surface area contributed by atoms with Crippen LogP contribution in [0.5, 0.6) is 11.5 Å². The fourth-order valence-electron chi connectivity index (χ4n) is 9.30. The Kier molecular flexibility index (Phi) is 14.1. The minimum atomic E-state index is -1.09. The number of halogens is 2. The molecule has 0 unspecified atom stereocenters. The van der Waals surface area contributed by atoms with Crippen LogP contribution in [0.15, 0.2) is 164 Å². The number of ether oxygens (including phenoxy) is 4. The number of rotatable bonds is 14. The summed E-state index contributed by atoms with van der Waals surface area (Å²) in [7, 11) is 2.60. The van der Waals surface area contributed by atoms with Crippen molar-refractivity contribution in [3.05, 3.63) is 204 Å². The maximum absolute atomic E-state index is 13.5. The molecule has 10 aromatic rings. The van der Waals surface area contributed by atoms with Crippen molar-refractivity contribution in [2.24, 2.45) is 5.73 Å². The van der Waals surface area contributed by atoms with E-state index in [1.54, 1.807) is 37.3 Å². The molecule has 2 N–H and O–H groups in total. The fourth-order valence-corrected chi connectivity index (χ4v) is 9.30. The molecule has 0 saturated carbocycles. The highest BCUT2D eigenvalue weighted by molar-refractivity contribution is 6.45. The molecule has 2 heterocycles. The van der Waals surface area contributed by atoms with E-state index in [1.807, 2.05) is 89.5 Å². The van der Waals surface area contributed by atoms with E-state index >= 15 is 0 Å². The highest BCUT2D eigenvalue weighted by Gasteiger charge is 2.28. The van der Waals surface area contributed by atoms with Crippen LogP contribution in [0.2, 0.25) is 0 Å². The fraction of sp³-hybridized carbons (Fsp3) is 0.133. The quantitative estimate of drug-likeness (QED) is 0.0645. The van der Waals surface area contributed by atoms with Crippen molar-refractivity contribution in [3.8, 4) is 33.8 Å². The summed E-state index contributed by atoms with van der Waals surface area (Å²) in [5.41, 5.74) is 14.7. The average molecular weight is 978 g/mol. The molecule has 0 atom stereocenters. The number of hydrogen-bond acceptors (Lipinski definition) is 8. The van der Waals surface area contributed by atoms with Crippen LogP contribution < -0.4 is 15.2 Å². The number of carbonyl (C=O) groups is 4. The summed E-state index contributed by atoms with van der Waals surface area (Å²) >= 11 is 0. The summed E-state index contributed by atoms with van der Waals surface area (Å²) < 4.78 is 52.2. The second-order valence-corrected chi connectivity index (χ2v) is 17.4. The zero-order valence-electron chi connectivity index (χ0n) is 40.4. The standard InChI is InChI=1S/C31H25FN2O5.C29H24FNO3/c1-18-27(30(36)31(33)37)28-25(39-17-26(35)38-2)15-22-7-3-4-9-24(22)29(28)34(18)16-19-6-5-8-21(14-19)20-10-12-23(32)13-11-20;1-19-14-26-27(34-18-28(32)33-2)16-23-7-3-4-9-25(23)29(26)31(19)17-20-6-5-8-22(15-20)21-10-12-24(30)13-11-21/h3-15H,16-17H2,1-2H3,(H2,33,37);3-16H,17-18H2,1-2H3. The van der Waals surface area contributed by atoms with Crippen LogP contribution in [-0.4, -0.2) is 60.2 Å². The van der Waals surface area contributed by atoms with Gasteiger partial charge in [0.1, 0.15) is 23.1 Å². The van der Waals surface area contributed by atoms with Gasteiger partial charge in [-0.1, -0.05) is 109 Å². The van der Waals surface area contributed by atoms with Gasteiger partial charge in [0.05, 0.1) is 36.2 Å². The molecule has 1 amide bonds. The summed E-state index contributed by atoms with van der Waals surface area (Å²) in [5, 5.41) is 5.16. The highest BCUT2D eigenvalue weighted by atomic mass is 19.1. The van der Waals surface area contributed by atoms with Crippen LogP contribution in [0.25, 0.3) is 65.6 Å². The van der Waals surface area contributed by atoms with E-state index < -0.39 is 23.6 Å². The molecule has 0 aliphatic carbocycles. The zero-order valence-corrected chi connectivity index (χ0v) is 40.4. The number of ketones is 1. The van der Waals surface area contributed by atoms with Crippen LogP contribution in [0, 0.1) is 25.5 Å². The van der Waals surface area contributed by atoms with E-state index in [1.165, 1.54) is 38.5 Å². The minimum absolute atomic E-state index is 0.123. The Morgan fingerprint density at radius 3 is 1.51 bits per heavy atom. The second kappa shape index (κ2) is 21.1. The molecule has 366 valence electrons. The summed E-state index contributed by atoms with van der Waals surface area (Å²) in [6.45, 7) is 4.32.